The van der Waals surface area contributed by atoms with Gasteiger partial charge >= 0.3 is 0 Å². The molecule has 0 aliphatic rings. The predicted molar refractivity (Wildman–Crippen MR) is 99.9 cm³/mol. The molecule has 5 heteroatoms. The average Bonchev–Trinajstić information content (AvgIpc) is 2.55. The zero-order valence-corrected chi connectivity index (χ0v) is 15.5. The minimum atomic E-state index is 0. The van der Waals surface area contributed by atoms with Crippen LogP contribution in [-0.2, 0) is 12.8 Å². The SMILES string of the molecule is COc1ccccc1Cc1cc(OC)c(C[C@@H](C)N)cc1OC.Cl. The van der Waals surface area contributed by atoms with Gasteiger partial charge in [-0.3, -0.25) is 0 Å². The van der Waals surface area contributed by atoms with Gasteiger partial charge in [0.15, 0.2) is 0 Å². The molecule has 0 bridgehead atoms. The van der Waals surface area contributed by atoms with Crippen molar-refractivity contribution < 1.29 is 14.2 Å². The third-order valence-electron chi connectivity index (χ3n) is 3.80. The Morgan fingerprint density at radius 2 is 1.38 bits per heavy atom. The summed E-state index contributed by atoms with van der Waals surface area (Å²) in [5, 5.41) is 0. The van der Waals surface area contributed by atoms with Crippen LogP contribution in [0.25, 0.3) is 0 Å². The van der Waals surface area contributed by atoms with Gasteiger partial charge in [0.1, 0.15) is 17.2 Å². The van der Waals surface area contributed by atoms with E-state index < -0.39 is 0 Å². The van der Waals surface area contributed by atoms with E-state index in [0.717, 1.165) is 40.4 Å². The van der Waals surface area contributed by atoms with Crippen LogP contribution in [0, 0.1) is 0 Å². The van der Waals surface area contributed by atoms with Gasteiger partial charge < -0.3 is 19.9 Å². The van der Waals surface area contributed by atoms with E-state index in [-0.39, 0.29) is 18.4 Å². The van der Waals surface area contributed by atoms with E-state index >= 15 is 0 Å². The molecule has 0 spiro atoms. The summed E-state index contributed by atoms with van der Waals surface area (Å²) in [6.07, 6.45) is 1.45. The maximum atomic E-state index is 5.93. The van der Waals surface area contributed by atoms with Gasteiger partial charge in [0.2, 0.25) is 0 Å². The average molecular weight is 352 g/mol. The number of ether oxygens (including phenoxy) is 3. The highest BCUT2D eigenvalue weighted by Crippen LogP contribution is 2.32. The highest BCUT2D eigenvalue weighted by Gasteiger charge is 2.14. The minimum absolute atomic E-state index is 0. The molecule has 0 unspecified atom stereocenters. The Bertz CT molecular complexity index is 659. The number of hydrogen-bond donors (Lipinski definition) is 1. The van der Waals surface area contributed by atoms with Gasteiger partial charge in [0.25, 0.3) is 0 Å². The molecule has 24 heavy (non-hydrogen) atoms. The normalized spacial score (nSPS) is 11.4. The lowest BCUT2D eigenvalue weighted by atomic mass is 9.98. The van der Waals surface area contributed by atoms with Crippen LogP contribution in [0.15, 0.2) is 36.4 Å². The summed E-state index contributed by atoms with van der Waals surface area (Å²) in [6, 6.07) is 12.1. The lowest BCUT2D eigenvalue weighted by molar-refractivity contribution is 0.393. The van der Waals surface area contributed by atoms with E-state index in [1.54, 1.807) is 21.3 Å². The Hall–Kier alpha value is -1.91. The summed E-state index contributed by atoms with van der Waals surface area (Å²) in [6.45, 7) is 1.98. The van der Waals surface area contributed by atoms with Crippen molar-refractivity contribution in [2.75, 3.05) is 21.3 Å². The highest BCUT2D eigenvalue weighted by atomic mass is 35.5. The molecule has 0 saturated heterocycles. The molecule has 2 N–H and O–H groups in total. The molecule has 0 heterocycles. The number of halogens is 1. The molecule has 0 aliphatic heterocycles. The fourth-order valence-electron chi connectivity index (χ4n) is 2.72. The zero-order valence-electron chi connectivity index (χ0n) is 14.7. The van der Waals surface area contributed by atoms with Gasteiger partial charge in [0, 0.05) is 18.0 Å². The summed E-state index contributed by atoms with van der Waals surface area (Å²) in [5.41, 5.74) is 9.15. The Labute approximate surface area is 150 Å². The van der Waals surface area contributed by atoms with Crippen molar-refractivity contribution >= 4 is 12.4 Å². The molecule has 0 amide bonds. The molecule has 132 valence electrons. The number of benzene rings is 2. The molecule has 4 nitrogen and oxygen atoms in total. The zero-order chi connectivity index (χ0) is 16.8. The molecule has 1 atom stereocenters. The van der Waals surface area contributed by atoms with Crippen LogP contribution in [0.1, 0.15) is 23.6 Å². The van der Waals surface area contributed by atoms with E-state index in [2.05, 4.69) is 6.07 Å². The van der Waals surface area contributed by atoms with Crippen molar-refractivity contribution in [3.8, 4) is 17.2 Å². The number of nitrogens with two attached hydrogens (primary N) is 1. The lowest BCUT2D eigenvalue weighted by Gasteiger charge is -2.17. The Balaban J connectivity index is 0.00000288. The van der Waals surface area contributed by atoms with Crippen LogP contribution in [0.2, 0.25) is 0 Å². The van der Waals surface area contributed by atoms with Crippen LogP contribution in [0.5, 0.6) is 17.2 Å². The second-order valence-electron chi connectivity index (χ2n) is 5.65. The van der Waals surface area contributed by atoms with Gasteiger partial charge in [-0.15, -0.1) is 12.4 Å². The lowest BCUT2D eigenvalue weighted by Crippen LogP contribution is -2.18. The number of rotatable bonds is 7. The first-order valence-corrected chi connectivity index (χ1v) is 7.70. The quantitative estimate of drug-likeness (QED) is 0.827. The molecule has 2 rings (SSSR count). The highest BCUT2D eigenvalue weighted by molar-refractivity contribution is 5.85. The Morgan fingerprint density at radius 1 is 0.833 bits per heavy atom. The monoisotopic (exact) mass is 351 g/mol. The van der Waals surface area contributed by atoms with E-state index in [4.69, 9.17) is 19.9 Å². The van der Waals surface area contributed by atoms with Crippen LogP contribution in [0.4, 0.5) is 0 Å². The Kier molecular flexibility index (Phi) is 7.89. The first kappa shape index (κ1) is 20.1. The van der Waals surface area contributed by atoms with Crippen molar-refractivity contribution in [1.29, 1.82) is 0 Å². The molecule has 0 saturated carbocycles. The molecule has 0 radical (unpaired) electrons. The Morgan fingerprint density at radius 3 is 1.96 bits per heavy atom. The summed E-state index contributed by atoms with van der Waals surface area (Å²) < 4.78 is 16.5. The van der Waals surface area contributed by atoms with Gasteiger partial charge in [0.05, 0.1) is 21.3 Å². The number of methoxy groups -OCH3 is 3. The van der Waals surface area contributed by atoms with Crippen molar-refractivity contribution in [2.45, 2.75) is 25.8 Å². The molecule has 0 fully saturated rings. The summed E-state index contributed by atoms with van der Waals surface area (Å²) in [5.74, 6) is 2.55. The summed E-state index contributed by atoms with van der Waals surface area (Å²) in [7, 11) is 5.05. The molecular formula is C19H26ClNO3. The molecular weight excluding hydrogens is 326 g/mol. The second-order valence-corrected chi connectivity index (χ2v) is 5.65. The first-order chi connectivity index (χ1) is 11.1. The molecule has 0 aliphatic carbocycles. The maximum Gasteiger partial charge on any atom is 0.122 e. The summed E-state index contributed by atoms with van der Waals surface area (Å²) in [4.78, 5) is 0. The first-order valence-electron chi connectivity index (χ1n) is 7.70. The second kappa shape index (κ2) is 9.40. The van der Waals surface area contributed by atoms with Gasteiger partial charge in [-0.25, -0.2) is 0 Å². The third kappa shape index (κ3) is 4.79. The van der Waals surface area contributed by atoms with E-state index in [1.807, 2.05) is 37.3 Å². The maximum absolute atomic E-state index is 5.93. The summed E-state index contributed by atoms with van der Waals surface area (Å²) >= 11 is 0. The van der Waals surface area contributed by atoms with E-state index in [9.17, 15) is 0 Å². The number of hydrogen-bond acceptors (Lipinski definition) is 4. The largest absolute Gasteiger partial charge is 0.496 e. The van der Waals surface area contributed by atoms with E-state index in [1.165, 1.54) is 0 Å². The third-order valence-corrected chi connectivity index (χ3v) is 3.80. The predicted octanol–water partition coefficient (Wildman–Crippen LogP) is 3.61. The van der Waals surface area contributed by atoms with E-state index in [0.29, 0.717) is 6.42 Å². The molecule has 2 aromatic rings. The van der Waals surface area contributed by atoms with Crippen LogP contribution in [-0.4, -0.2) is 27.4 Å². The van der Waals surface area contributed by atoms with Crippen molar-refractivity contribution in [3.05, 3.63) is 53.1 Å². The standard InChI is InChI=1S/C19H25NO3.ClH/c1-13(20)9-15-11-19(23-4)16(12-18(15)22-3)10-14-7-5-6-8-17(14)21-2;/h5-8,11-13H,9-10,20H2,1-4H3;1H/t13-;/m1./s1. The van der Waals surface area contributed by atoms with Crippen molar-refractivity contribution in [2.24, 2.45) is 5.73 Å². The number of para-hydroxylation sites is 1. The van der Waals surface area contributed by atoms with Crippen molar-refractivity contribution in [3.63, 3.8) is 0 Å². The van der Waals surface area contributed by atoms with Crippen LogP contribution in [0.3, 0.4) is 0 Å². The fraction of sp³-hybridized carbons (Fsp3) is 0.368. The van der Waals surface area contributed by atoms with Gasteiger partial charge in [-0.05, 0) is 42.7 Å². The fourth-order valence-corrected chi connectivity index (χ4v) is 2.72. The van der Waals surface area contributed by atoms with Gasteiger partial charge in [-0.1, -0.05) is 18.2 Å². The smallest absolute Gasteiger partial charge is 0.122 e. The van der Waals surface area contributed by atoms with Crippen LogP contribution < -0.4 is 19.9 Å². The molecule has 0 aromatic heterocycles. The minimum Gasteiger partial charge on any atom is -0.496 e. The molecule has 2 aromatic carbocycles. The van der Waals surface area contributed by atoms with Crippen molar-refractivity contribution in [1.82, 2.24) is 0 Å². The van der Waals surface area contributed by atoms with Crippen LogP contribution >= 0.6 is 12.4 Å². The van der Waals surface area contributed by atoms with Gasteiger partial charge in [-0.2, -0.15) is 0 Å². The topological polar surface area (TPSA) is 53.7 Å².